The summed E-state index contributed by atoms with van der Waals surface area (Å²) in [6.07, 6.45) is -5.16. The summed E-state index contributed by atoms with van der Waals surface area (Å²) >= 11 is 0. The fourth-order valence-corrected chi connectivity index (χ4v) is 4.99. The lowest BCUT2D eigenvalue weighted by molar-refractivity contribution is -0.137. The van der Waals surface area contributed by atoms with Gasteiger partial charge in [0.25, 0.3) is 5.91 Å². The van der Waals surface area contributed by atoms with Crippen LogP contribution >= 0.6 is 0 Å². The van der Waals surface area contributed by atoms with Crippen LogP contribution in [0.2, 0.25) is 0 Å². The van der Waals surface area contributed by atoms with Gasteiger partial charge in [-0.2, -0.15) is 13.2 Å². The number of alkyl halides is 3. The Balaban J connectivity index is 2.06. The second kappa shape index (κ2) is 7.70. The minimum atomic E-state index is -4.80. The summed E-state index contributed by atoms with van der Waals surface area (Å²) in [5.41, 5.74) is -2.25. The van der Waals surface area contributed by atoms with Crippen molar-refractivity contribution in [2.45, 2.75) is 25.6 Å². The standard InChI is InChI=1S/C18H15F6N3O3S/c1-9-5-10(18(22,23)24)6-15(25-9)27-14(3-4-31(27,29)30)17(28)26(2)16-12(20)7-11(19)8-13(16)21/h5-8,14H,3-4H2,1-2H3/t14-/m0/s1. The smallest absolute Gasteiger partial charge is 0.309 e. The lowest BCUT2D eigenvalue weighted by atomic mass is 10.1. The van der Waals surface area contributed by atoms with E-state index < -0.39 is 68.4 Å². The van der Waals surface area contributed by atoms with Crippen molar-refractivity contribution in [3.63, 3.8) is 0 Å². The average Bonchev–Trinajstić information content (AvgIpc) is 2.93. The van der Waals surface area contributed by atoms with E-state index in [1.165, 1.54) is 6.92 Å². The van der Waals surface area contributed by atoms with Crippen LogP contribution in [0, 0.1) is 24.4 Å². The number of sulfonamides is 1. The highest BCUT2D eigenvalue weighted by atomic mass is 32.2. The molecule has 31 heavy (non-hydrogen) atoms. The van der Waals surface area contributed by atoms with Gasteiger partial charge in [0.2, 0.25) is 10.0 Å². The Morgan fingerprint density at radius 1 is 1.13 bits per heavy atom. The summed E-state index contributed by atoms with van der Waals surface area (Å²) in [4.78, 5) is 17.2. The summed E-state index contributed by atoms with van der Waals surface area (Å²) in [5, 5.41) is 0. The van der Waals surface area contributed by atoms with Gasteiger partial charge in [0.15, 0.2) is 11.6 Å². The van der Waals surface area contributed by atoms with E-state index in [0.717, 1.165) is 7.05 Å². The Labute approximate surface area is 173 Å². The molecule has 1 aliphatic heterocycles. The van der Waals surface area contributed by atoms with Crippen molar-refractivity contribution in [2.75, 3.05) is 22.0 Å². The molecular formula is C18H15F6N3O3S. The normalized spacial score (nSPS) is 18.3. The number of nitrogens with zero attached hydrogens (tertiary/aromatic N) is 3. The van der Waals surface area contributed by atoms with Gasteiger partial charge in [-0.3, -0.25) is 4.79 Å². The Morgan fingerprint density at radius 2 is 1.71 bits per heavy atom. The molecule has 0 aliphatic carbocycles. The lowest BCUT2D eigenvalue weighted by Gasteiger charge is -2.28. The number of pyridine rings is 1. The molecule has 0 unspecified atom stereocenters. The van der Waals surface area contributed by atoms with Gasteiger partial charge < -0.3 is 4.90 Å². The molecule has 0 bridgehead atoms. The van der Waals surface area contributed by atoms with Crippen LogP contribution in [0.4, 0.5) is 37.8 Å². The number of carbonyl (C=O) groups is 1. The van der Waals surface area contributed by atoms with E-state index in [1.807, 2.05) is 0 Å². The summed E-state index contributed by atoms with van der Waals surface area (Å²) < 4.78 is 106. The number of halogens is 6. The quantitative estimate of drug-likeness (QED) is 0.649. The molecule has 0 N–H and O–H groups in total. The molecule has 1 atom stereocenters. The molecule has 1 aliphatic rings. The zero-order valence-electron chi connectivity index (χ0n) is 16.0. The van der Waals surface area contributed by atoms with Crippen LogP contribution < -0.4 is 9.21 Å². The van der Waals surface area contributed by atoms with E-state index in [4.69, 9.17) is 0 Å². The Morgan fingerprint density at radius 3 is 2.26 bits per heavy atom. The third kappa shape index (κ3) is 4.31. The van der Waals surface area contributed by atoms with Gasteiger partial charge >= 0.3 is 6.18 Å². The van der Waals surface area contributed by atoms with Crippen LogP contribution in [0.15, 0.2) is 24.3 Å². The lowest BCUT2D eigenvalue weighted by Crippen LogP contribution is -2.46. The second-order valence-corrected chi connectivity index (χ2v) is 8.85. The third-order valence-electron chi connectivity index (χ3n) is 4.66. The highest BCUT2D eigenvalue weighted by Gasteiger charge is 2.45. The first-order valence-electron chi connectivity index (χ1n) is 8.72. The van der Waals surface area contributed by atoms with Crippen LogP contribution in [-0.4, -0.2) is 38.2 Å². The second-order valence-electron chi connectivity index (χ2n) is 6.88. The van der Waals surface area contributed by atoms with Gasteiger partial charge in [-0.15, -0.1) is 0 Å². The fourth-order valence-electron chi connectivity index (χ4n) is 3.31. The maximum atomic E-state index is 14.1. The molecule has 1 saturated heterocycles. The number of hydrogen-bond donors (Lipinski definition) is 0. The van der Waals surface area contributed by atoms with E-state index in [9.17, 15) is 39.6 Å². The fraction of sp³-hybridized carbons (Fsp3) is 0.333. The van der Waals surface area contributed by atoms with Crippen molar-refractivity contribution in [3.8, 4) is 0 Å². The van der Waals surface area contributed by atoms with Gasteiger partial charge in [-0.05, 0) is 25.5 Å². The molecule has 2 heterocycles. The van der Waals surface area contributed by atoms with E-state index in [-0.39, 0.29) is 12.1 Å². The molecule has 13 heteroatoms. The number of likely N-dealkylation sites (N-methyl/N-ethyl adjacent to an activating group) is 1. The summed E-state index contributed by atoms with van der Waals surface area (Å²) in [7, 11) is -3.31. The Hall–Kier alpha value is -2.83. The minimum Gasteiger partial charge on any atom is -0.309 e. The molecule has 3 rings (SSSR count). The molecule has 168 valence electrons. The highest BCUT2D eigenvalue weighted by Crippen LogP contribution is 2.36. The molecular weight excluding hydrogens is 452 g/mol. The number of rotatable bonds is 3. The maximum Gasteiger partial charge on any atom is 0.416 e. The molecule has 2 aromatic rings. The SMILES string of the molecule is Cc1cc(C(F)(F)F)cc(N2[C@H](C(=O)N(C)c3c(F)cc(F)cc3F)CCS2(=O)=O)n1. The van der Waals surface area contributed by atoms with Crippen molar-refractivity contribution < 1.29 is 39.6 Å². The van der Waals surface area contributed by atoms with Crippen molar-refractivity contribution in [3.05, 3.63) is 53.0 Å². The number of aryl methyl sites for hydroxylation is 1. The van der Waals surface area contributed by atoms with E-state index in [2.05, 4.69) is 4.98 Å². The van der Waals surface area contributed by atoms with Crippen LogP contribution in [0.3, 0.4) is 0 Å². The average molecular weight is 467 g/mol. The first kappa shape index (κ1) is 22.8. The van der Waals surface area contributed by atoms with Crippen molar-refractivity contribution >= 4 is 27.4 Å². The van der Waals surface area contributed by atoms with Crippen LogP contribution in [0.1, 0.15) is 17.7 Å². The van der Waals surface area contributed by atoms with Crippen molar-refractivity contribution in [1.29, 1.82) is 0 Å². The molecule has 6 nitrogen and oxygen atoms in total. The minimum absolute atomic E-state index is 0.151. The first-order valence-corrected chi connectivity index (χ1v) is 10.3. The van der Waals surface area contributed by atoms with Gasteiger partial charge in [0, 0.05) is 24.9 Å². The van der Waals surface area contributed by atoms with Gasteiger partial charge in [-0.1, -0.05) is 0 Å². The molecule has 1 aromatic carbocycles. The third-order valence-corrected chi connectivity index (χ3v) is 6.45. The molecule has 0 radical (unpaired) electrons. The molecule has 0 saturated carbocycles. The van der Waals surface area contributed by atoms with Crippen molar-refractivity contribution in [2.24, 2.45) is 0 Å². The topological polar surface area (TPSA) is 70.6 Å². The summed E-state index contributed by atoms with van der Waals surface area (Å²) in [6, 6.07) is 0.258. The predicted octanol–water partition coefficient (Wildman–Crippen LogP) is 3.40. The number of benzene rings is 1. The van der Waals surface area contributed by atoms with E-state index >= 15 is 0 Å². The Bertz CT molecular complexity index is 1130. The van der Waals surface area contributed by atoms with E-state index in [1.54, 1.807) is 0 Å². The van der Waals surface area contributed by atoms with Gasteiger partial charge in [-0.25, -0.2) is 30.9 Å². The molecule has 1 fully saturated rings. The molecule has 1 aromatic heterocycles. The summed E-state index contributed by atoms with van der Waals surface area (Å²) in [5.74, 6) is -6.40. The summed E-state index contributed by atoms with van der Waals surface area (Å²) in [6.45, 7) is 1.22. The number of carbonyl (C=O) groups excluding carboxylic acids is 1. The number of aromatic nitrogens is 1. The zero-order valence-corrected chi connectivity index (χ0v) is 16.9. The number of anilines is 2. The van der Waals surface area contributed by atoms with Gasteiger partial charge in [0.05, 0.1) is 11.3 Å². The van der Waals surface area contributed by atoms with Crippen LogP contribution in [0.25, 0.3) is 0 Å². The number of hydrogen-bond acceptors (Lipinski definition) is 4. The van der Waals surface area contributed by atoms with Crippen LogP contribution in [-0.2, 0) is 21.0 Å². The zero-order chi connectivity index (χ0) is 23.3. The Kier molecular flexibility index (Phi) is 5.67. The van der Waals surface area contributed by atoms with E-state index in [0.29, 0.717) is 33.5 Å². The molecule has 1 amide bonds. The first-order chi connectivity index (χ1) is 14.2. The largest absolute Gasteiger partial charge is 0.416 e. The van der Waals surface area contributed by atoms with Crippen LogP contribution in [0.5, 0.6) is 0 Å². The highest BCUT2D eigenvalue weighted by molar-refractivity contribution is 7.93. The van der Waals surface area contributed by atoms with Crippen molar-refractivity contribution in [1.82, 2.24) is 4.98 Å². The number of amides is 1. The predicted molar refractivity (Wildman–Crippen MR) is 98.4 cm³/mol. The molecule has 0 spiro atoms. The van der Waals surface area contributed by atoms with Gasteiger partial charge in [0.1, 0.15) is 23.4 Å². The maximum absolute atomic E-state index is 14.1. The monoisotopic (exact) mass is 467 g/mol.